The summed E-state index contributed by atoms with van der Waals surface area (Å²) in [5, 5.41) is 2.90. The lowest BCUT2D eigenvalue weighted by atomic mass is 10.2. The van der Waals surface area contributed by atoms with Gasteiger partial charge in [-0.3, -0.25) is 4.79 Å². The van der Waals surface area contributed by atoms with Crippen LogP contribution in [-0.2, 0) is 4.79 Å². The Morgan fingerprint density at radius 2 is 1.79 bits per heavy atom. The minimum atomic E-state index is -0.213. The van der Waals surface area contributed by atoms with Crippen molar-refractivity contribution in [3.63, 3.8) is 0 Å². The van der Waals surface area contributed by atoms with Crippen molar-refractivity contribution in [1.29, 1.82) is 0 Å². The maximum absolute atomic E-state index is 12.2. The van der Waals surface area contributed by atoms with Gasteiger partial charge in [0.15, 0.2) is 6.61 Å². The summed E-state index contributed by atoms with van der Waals surface area (Å²) in [4.78, 5) is 14.4. The SMILES string of the molecule is CCN(CC)c1ccc(N)cc1NC(=O)COc1ccc(C)cc1. The summed E-state index contributed by atoms with van der Waals surface area (Å²) < 4.78 is 5.52. The standard InChI is InChI=1S/C19H25N3O2/c1-4-22(5-2)18-11-8-15(20)12-17(18)21-19(23)13-24-16-9-6-14(3)7-10-16/h6-12H,4-5,13,20H2,1-3H3,(H,21,23). The van der Waals surface area contributed by atoms with Crippen LogP contribution in [0.1, 0.15) is 19.4 Å². The molecule has 0 unspecified atom stereocenters. The summed E-state index contributed by atoms with van der Waals surface area (Å²) in [6, 6.07) is 13.1. The Morgan fingerprint density at radius 1 is 1.12 bits per heavy atom. The van der Waals surface area contributed by atoms with Crippen LogP contribution in [0.4, 0.5) is 17.1 Å². The number of carbonyl (C=O) groups excluding carboxylic acids is 1. The molecule has 0 heterocycles. The maximum atomic E-state index is 12.2. The van der Waals surface area contributed by atoms with Crippen molar-refractivity contribution in [3.8, 4) is 5.75 Å². The van der Waals surface area contributed by atoms with Crippen molar-refractivity contribution in [3.05, 3.63) is 48.0 Å². The van der Waals surface area contributed by atoms with Crippen molar-refractivity contribution >= 4 is 23.0 Å². The van der Waals surface area contributed by atoms with Gasteiger partial charge in [0.1, 0.15) is 5.75 Å². The van der Waals surface area contributed by atoms with Gasteiger partial charge in [-0.25, -0.2) is 0 Å². The summed E-state index contributed by atoms with van der Waals surface area (Å²) >= 11 is 0. The Balaban J connectivity index is 2.05. The molecule has 5 nitrogen and oxygen atoms in total. The van der Waals surface area contributed by atoms with Crippen LogP contribution in [0.25, 0.3) is 0 Å². The van der Waals surface area contributed by atoms with E-state index in [9.17, 15) is 4.79 Å². The van der Waals surface area contributed by atoms with Gasteiger partial charge in [-0.05, 0) is 51.1 Å². The Labute approximate surface area is 143 Å². The van der Waals surface area contributed by atoms with E-state index in [4.69, 9.17) is 10.5 Å². The van der Waals surface area contributed by atoms with Crippen LogP contribution in [0.5, 0.6) is 5.75 Å². The van der Waals surface area contributed by atoms with Gasteiger partial charge in [0.25, 0.3) is 5.91 Å². The lowest BCUT2D eigenvalue weighted by Crippen LogP contribution is -2.26. The molecule has 0 aliphatic rings. The monoisotopic (exact) mass is 327 g/mol. The van der Waals surface area contributed by atoms with Gasteiger partial charge in [0, 0.05) is 18.8 Å². The second-order valence-corrected chi connectivity index (χ2v) is 5.60. The maximum Gasteiger partial charge on any atom is 0.262 e. The highest BCUT2D eigenvalue weighted by atomic mass is 16.5. The van der Waals surface area contributed by atoms with Crippen molar-refractivity contribution in [2.75, 3.05) is 35.6 Å². The largest absolute Gasteiger partial charge is 0.484 e. The number of carbonyl (C=O) groups is 1. The number of hydrogen-bond acceptors (Lipinski definition) is 4. The Morgan fingerprint density at radius 3 is 2.42 bits per heavy atom. The van der Waals surface area contributed by atoms with Crippen molar-refractivity contribution in [1.82, 2.24) is 0 Å². The predicted octanol–water partition coefficient (Wildman–Crippen LogP) is 3.44. The van der Waals surface area contributed by atoms with Crippen LogP contribution in [0.3, 0.4) is 0 Å². The normalized spacial score (nSPS) is 10.3. The first-order valence-electron chi connectivity index (χ1n) is 8.17. The van der Waals surface area contributed by atoms with Crippen LogP contribution in [0.15, 0.2) is 42.5 Å². The van der Waals surface area contributed by atoms with Crippen molar-refractivity contribution in [2.24, 2.45) is 0 Å². The number of benzene rings is 2. The average Bonchev–Trinajstić information content (AvgIpc) is 2.57. The van der Waals surface area contributed by atoms with E-state index in [0.29, 0.717) is 17.1 Å². The number of anilines is 3. The first-order valence-corrected chi connectivity index (χ1v) is 8.17. The smallest absolute Gasteiger partial charge is 0.262 e. The van der Waals surface area contributed by atoms with Gasteiger partial charge in [-0.15, -0.1) is 0 Å². The molecule has 0 bridgehead atoms. The molecule has 0 saturated heterocycles. The zero-order valence-electron chi connectivity index (χ0n) is 14.5. The molecule has 0 spiro atoms. The molecule has 2 aromatic carbocycles. The first kappa shape index (κ1) is 17.7. The van der Waals surface area contributed by atoms with Gasteiger partial charge >= 0.3 is 0 Å². The van der Waals surface area contributed by atoms with E-state index in [1.807, 2.05) is 43.3 Å². The van der Waals surface area contributed by atoms with E-state index in [1.165, 1.54) is 0 Å². The van der Waals surface area contributed by atoms with Gasteiger partial charge in [-0.1, -0.05) is 17.7 Å². The molecule has 0 aromatic heterocycles. The second-order valence-electron chi connectivity index (χ2n) is 5.60. The van der Waals surface area contributed by atoms with Crippen LogP contribution < -0.4 is 20.7 Å². The zero-order valence-corrected chi connectivity index (χ0v) is 14.5. The Bertz CT molecular complexity index is 680. The van der Waals surface area contributed by atoms with Crippen molar-refractivity contribution in [2.45, 2.75) is 20.8 Å². The fraction of sp³-hybridized carbons (Fsp3) is 0.316. The molecule has 2 rings (SSSR count). The lowest BCUT2D eigenvalue weighted by molar-refractivity contribution is -0.118. The summed E-state index contributed by atoms with van der Waals surface area (Å²) in [7, 11) is 0. The molecular weight excluding hydrogens is 302 g/mol. The predicted molar refractivity (Wildman–Crippen MR) is 99.7 cm³/mol. The summed E-state index contributed by atoms with van der Waals surface area (Å²) in [5.41, 5.74) is 9.29. The highest BCUT2D eigenvalue weighted by Crippen LogP contribution is 2.28. The highest BCUT2D eigenvalue weighted by Gasteiger charge is 2.12. The molecule has 0 aliphatic heterocycles. The van der Waals surface area contributed by atoms with Crippen LogP contribution in [0.2, 0.25) is 0 Å². The topological polar surface area (TPSA) is 67.6 Å². The number of nitrogens with two attached hydrogens (primary N) is 1. The molecule has 0 fully saturated rings. The summed E-state index contributed by atoms with van der Waals surface area (Å²) in [6.45, 7) is 7.81. The van der Waals surface area contributed by atoms with Gasteiger partial charge in [0.2, 0.25) is 0 Å². The minimum absolute atomic E-state index is 0.0461. The zero-order chi connectivity index (χ0) is 17.5. The highest BCUT2D eigenvalue weighted by molar-refractivity contribution is 5.96. The number of nitrogen functional groups attached to an aromatic ring is 1. The number of rotatable bonds is 7. The third-order valence-electron chi connectivity index (χ3n) is 3.79. The van der Waals surface area contributed by atoms with Gasteiger partial charge < -0.3 is 20.7 Å². The van der Waals surface area contributed by atoms with Gasteiger partial charge in [-0.2, -0.15) is 0 Å². The van der Waals surface area contributed by atoms with Crippen LogP contribution in [0, 0.1) is 6.92 Å². The van der Waals surface area contributed by atoms with E-state index in [1.54, 1.807) is 6.07 Å². The Kier molecular flexibility index (Phi) is 6.07. The molecule has 3 N–H and O–H groups in total. The quantitative estimate of drug-likeness (QED) is 0.765. The van der Waals surface area contributed by atoms with E-state index in [2.05, 4.69) is 24.1 Å². The second kappa shape index (κ2) is 8.24. The van der Waals surface area contributed by atoms with Crippen LogP contribution >= 0.6 is 0 Å². The van der Waals surface area contributed by atoms with Crippen LogP contribution in [-0.4, -0.2) is 25.6 Å². The number of aryl methyl sites for hydroxylation is 1. The molecule has 24 heavy (non-hydrogen) atoms. The third-order valence-corrected chi connectivity index (χ3v) is 3.79. The number of nitrogens with one attached hydrogen (secondary N) is 1. The molecule has 128 valence electrons. The summed E-state index contributed by atoms with van der Waals surface area (Å²) in [5.74, 6) is 0.460. The fourth-order valence-electron chi connectivity index (χ4n) is 2.46. The molecule has 5 heteroatoms. The number of amides is 1. The summed E-state index contributed by atoms with van der Waals surface area (Å²) in [6.07, 6.45) is 0. The molecule has 0 aliphatic carbocycles. The molecule has 1 amide bonds. The number of ether oxygens (including phenoxy) is 1. The fourth-order valence-corrected chi connectivity index (χ4v) is 2.46. The average molecular weight is 327 g/mol. The third kappa shape index (κ3) is 4.65. The number of nitrogens with zero attached hydrogens (tertiary/aromatic N) is 1. The minimum Gasteiger partial charge on any atom is -0.484 e. The lowest BCUT2D eigenvalue weighted by Gasteiger charge is -2.24. The number of hydrogen-bond donors (Lipinski definition) is 2. The first-order chi connectivity index (χ1) is 11.5. The Hall–Kier alpha value is -2.69. The van der Waals surface area contributed by atoms with E-state index >= 15 is 0 Å². The molecule has 0 atom stereocenters. The van der Waals surface area contributed by atoms with E-state index in [0.717, 1.165) is 24.3 Å². The van der Waals surface area contributed by atoms with Crippen molar-refractivity contribution < 1.29 is 9.53 Å². The van der Waals surface area contributed by atoms with E-state index < -0.39 is 0 Å². The van der Waals surface area contributed by atoms with Gasteiger partial charge in [0.05, 0.1) is 11.4 Å². The molecule has 2 aromatic rings. The molecular formula is C19H25N3O2. The van der Waals surface area contributed by atoms with E-state index in [-0.39, 0.29) is 12.5 Å². The molecule has 0 radical (unpaired) electrons. The molecule has 0 saturated carbocycles.